The lowest BCUT2D eigenvalue weighted by Gasteiger charge is -2.13. The number of carbonyl (C=O) groups is 2. The van der Waals surface area contributed by atoms with Crippen molar-refractivity contribution in [2.24, 2.45) is 0 Å². The summed E-state index contributed by atoms with van der Waals surface area (Å²) in [6.45, 7) is 0. The summed E-state index contributed by atoms with van der Waals surface area (Å²) in [6.07, 6.45) is 2.55. The third-order valence-corrected chi connectivity index (χ3v) is 2.48. The van der Waals surface area contributed by atoms with Gasteiger partial charge in [-0.25, -0.2) is 4.68 Å². The van der Waals surface area contributed by atoms with Crippen molar-refractivity contribution in [1.29, 1.82) is 0 Å². The Morgan fingerprint density at radius 1 is 1.15 bits per heavy atom. The Hall–Kier alpha value is -2.90. The average Bonchev–Trinajstić information content (AvgIpc) is 2.91. The molecule has 104 valence electrons. The zero-order valence-electron chi connectivity index (χ0n) is 11.1. The number of benzene rings is 1. The maximum absolute atomic E-state index is 11.7. The second kappa shape index (κ2) is 5.83. The Labute approximate surface area is 115 Å². The average molecular weight is 274 g/mol. The van der Waals surface area contributed by atoms with Gasteiger partial charge in [-0.2, -0.15) is 0 Å². The van der Waals surface area contributed by atoms with E-state index in [4.69, 9.17) is 0 Å². The summed E-state index contributed by atoms with van der Waals surface area (Å²) in [5.74, 6) is -1.57. The second-order valence-electron chi connectivity index (χ2n) is 4.21. The van der Waals surface area contributed by atoms with Gasteiger partial charge in [0.15, 0.2) is 0 Å². The Morgan fingerprint density at radius 3 is 2.50 bits per heavy atom. The molecule has 2 N–H and O–H groups in total. The van der Waals surface area contributed by atoms with Crippen molar-refractivity contribution in [3.8, 4) is 0 Å². The van der Waals surface area contributed by atoms with Crippen molar-refractivity contribution in [2.75, 3.05) is 29.7 Å². The zero-order valence-corrected chi connectivity index (χ0v) is 11.1. The van der Waals surface area contributed by atoms with Gasteiger partial charge >= 0.3 is 11.8 Å². The summed E-state index contributed by atoms with van der Waals surface area (Å²) >= 11 is 0. The number of hydrogen-bond donors (Lipinski definition) is 2. The van der Waals surface area contributed by atoms with Crippen LogP contribution in [0.4, 0.5) is 11.4 Å². The number of nitrogens with one attached hydrogen (secondary N) is 2. The molecule has 0 fully saturated rings. The van der Waals surface area contributed by atoms with Gasteiger partial charge in [0.25, 0.3) is 0 Å². The minimum Gasteiger partial charge on any atom is -0.378 e. The molecule has 0 aliphatic carbocycles. The minimum absolute atomic E-state index is 0.542. The summed E-state index contributed by atoms with van der Waals surface area (Å²) < 4.78 is 1.19. The summed E-state index contributed by atoms with van der Waals surface area (Å²) in [5.41, 5.74) is 3.77. The van der Waals surface area contributed by atoms with E-state index in [2.05, 4.69) is 20.9 Å². The first-order valence-corrected chi connectivity index (χ1v) is 5.80. The number of rotatable bonds is 3. The van der Waals surface area contributed by atoms with Crippen LogP contribution in [0, 0.1) is 0 Å². The van der Waals surface area contributed by atoms with Crippen LogP contribution in [-0.4, -0.2) is 40.8 Å². The number of aromatic nitrogens is 3. The third-order valence-electron chi connectivity index (χ3n) is 2.48. The second-order valence-corrected chi connectivity index (χ2v) is 4.21. The Balaban J connectivity index is 2.00. The van der Waals surface area contributed by atoms with Gasteiger partial charge in [0, 0.05) is 25.5 Å². The predicted molar refractivity (Wildman–Crippen MR) is 73.8 cm³/mol. The number of hydrogen-bond acceptors (Lipinski definition) is 5. The van der Waals surface area contributed by atoms with E-state index in [0.29, 0.717) is 5.69 Å². The predicted octanol–water partition coefficient (Wildman–Crippen LogP) is 0.0529. The number of amides is 2. The van der Waals surface area contributed by atoms with Gasteiger partial charge < -0.3 is 10.2 Å². The van der Waals surface area contributed by atoms with E-state index in [1.54, 1.807) is 18.2 Å². The summed E-state index contributed by atoms with van der Waals surface area (Å²) in [6, 6.07) is 7.16. The summed E-state index contributed by atoms with van der Waals surface area (Å²) in [5, 5.41) is 9.54. The molecule has 0 radical (unpaired) electrons. The van der Waals surface area contributed by atoms with Crippen molar-refractivity contribution in [2.45, 2.75) is 0 Å². The van der Waals surface area contributed by atoms with Crippen molar-refractivity contribution in [1.82, 2.24) is 14.9 Å². The molecular weight excluding hydrogens is 260 g/mol. The number of carbonyl (C=O) groups excluding carboxylic acids is 2. The quantitative estimate of drug-likeness (QED) is 0.772. The van der Waals surface area contributed by atoms with Crippen molar-refractivity contribution in [3.05, 3.63) is 36.9 Å². The Bertz CT molecular complexity index is 608. The van der Waals surface area contributed by atoms with Gasteiger partial charge in [0.05, 0.1) is 0 Å². The van der Waals surface area contributed by atoms with E-state index in [-0.39, 0.29) is 0 Å². The van der Waals surface area contributed by atoms with Gasteiger partial charge in [-0.15, -0.1) is 10.2 Å². The van der Waals surface area contributed by atoms with E-state index in [1.807, 2.05) is 25.1 Å². The highest BCUT2D eigenvalue weighted by atomic mass is 16.2. The highest BCUT2D eigenvalue weighted by Crippen LogP contribution is 2.17. The zero-order chi connectivity index (χ0) is 14.5. The monoisotopic (exact) mass is 274 g/mol. The maximum Gasteiger partial charge on any atom is 0.328 e. The topological polar surface area (TPSA) is 92.2 Å². The van der Waals surface area contributed by atoms with Gasteiger partial charge in [0.1, 0.15) is 12.7 Å². The standard InChI is InChI=1S/C12H14N6O2/c1-17(2)10-5-3-4-9(6-10)15-11(19)12(20)16-18-7-13-14-8-18/h3-8H,1-2H3,(H,15,19)(H,16,20). The Kier molecular flexibility index (Phi) is 3.94. The summed E-state index contributed by atoms with van der Waals surface area (Å²) in [4.78, 5) is 25.2. The summed E-state index contributed by atoms with van der Waals surface area (Å²) in [7, 11) is 3.78. The lowest BCUT2D eigenvalue weighted by molar-refractivity contribution is -0.133. The molecule has 0 aliphatic rings. The molecule has 1 heterocycles. The smallest absolute Gasteiger partial charge is 0.328 e. The molecule has 0 unspecified atom stereocenters. The first-order chi connectivity index (χ1) is 9.56. The molecular formula is C12H14N6O2. The molecule has 0 saturated heterocycles. The van der Waals surface area contributed by atoms with Gasteiger partial charge in [0.2, 0.25) is 0 Å². The van der Waals surface area contributed by atoms with Crippen molar-refractivity contribution >= 4 is 23.2 Å². The maximum atomic E-state index is 11.7. The largest absolute Gasteiger partial charge is 0.378 e. The highest BCUT2D eigenvalue weighted by Gasteiger charge is 2.14. The molecule has 0 atom stereocenters. The molecule has 2 rings (SSSR count). The molecule has 8 nitrogen and oxygen atoms in total. The van der Waals surface area contributed by atoms with Gasteiger partial charge in [-0.1, -0.05) is 6.07 Å². The first-order valence-electron chi connectivity index (χ1n) is 5.80. The first kappa shape index (κ1) is 13.5. The highest BCUT2D eigenvalue weighted by molar-refractivity contribution is 6.42. The van der Waals surface area contributed by atoms with Crippen LogP contribution in [0.1, 0.15) is 0 Å². The van der Waals surface area contributed by atoms with Crippen LogP contribution in [0.5, 0.6) is 0 Å². The van der Waals surface area contributed by atoms with Crippen molar-refractivity contribution in [3.63, 3.8) is 0 Å². The lowest BCUT2D eigenvalue weighted by Crippen LogP contribution is -2.33. The van der Waals surface area contributed by atoms with Gasteiger partial charge in [-0.3, -0.25) is 15.0 Å². The fourth-order valence-corrected chi connectivity index (χ4v) is 1.48. The molecule has 8 heteroatoms. The van der Waals surface area contributed by atoms with Crippen LogP contribution in [0.3, 0.4) is 0 Å². The van der Waals surface area contributed by atoms with E-state index in [9.17, 15) is 9.59 Å². The van der Waals surface area contributed by atoms with Crippen molar-refractivity contribution < 1.29 is 9.59 Å². The third kappa shape index (κ3) is 3.31. The molecule has 0 saturated carbocycles. The van der Waals surface area contributed by atoms with Crippen LogP contribution in [-0.2, 0) is 9.59 Å². The Morgan fingerprint density at radius 2 is 1.85 bits per heavy atom. The number of nitrogens with zero attached hydrogens (tertiary/aromatic N) is 4. The fraction of sp³-hybridized carbons (Fsp3) is 0.167. The SMILES string of the molecule is CN(C)c1cccc(NC(=O)C(=O)Nn2cnnc2)c1. The normalized spacial score (nSPS) is 9.90. The molecule has 1 aromatic carbocycles. The van der Waals surface area contributed by atoms with Crippen LogP contribution in [0.2, 0.25) is 0 Å². The van der Waals surface area contributed by atoms with E-state index >= 15 is 0 Å². The molecule has 20 heavy (non-hydrogen) atoms. The van der Waals surface area contributed by atoms with Crippen LogP contribution in [0.25, 0.3) is 0 Å². The van der Waals surface area contributed by atoms with E-state index in [1.165, 1.54) is 17.3 Å². The van der Waals surface area contributed by atoms with E-state index < -0.39 is 11.8 Å². The lowest BCUT2D eigenvalue weighted by atomic mass is 10.2. The molecule has 0 spiro atoms. The van der Waals surface area contributed by atoms with Crippen LogP contribution in [0.15, 0.2) is 36.9 Å². The molecule has 2 aromatic rings. The van der Waals surface area contributed by atoms with Crippen LogP contribution < -0.4 is 15.6 Å². The molecule has 1 aromatic heterocycles. The van der Waals surface area contributed by atoms with Gasteiger partial charge in [-0.05, 0) is 18.2 Å². The molecule has 0 aliphatic heterocycles. The minimum atomic E-state index is -0.806. The van der Waals surface area contributed by atoms with E-state index in [0.717, 1.165) is 5.69 Å². The fourth-order valence-electron chi connectivity index (χ4n) is 1.48. The number of anilines is 2. The molecule has 0 bridgehead atoms. The van der Waals surface area contributed by atoms with Crippen LogP contribution >= 0.6 is 0 Å². The molecule has 2 amide bonds.